The molecule has 25 heavy (non-hydrogen) atoms. The van der Waals surface area contributed by atoms with Crippen LogP contribution in [0.2, 0.25) is 5.02 Å². The molecule has 0 aliphatic rings. The predicted octanol–water partition coefficient (Wildman–Crippen LogP) is 3.32. The fourth-order valence-corrected chi connectivity index (χ4v) is 2.06. The SMILES string of the molecule is O=C(Nc1ccc(Cl)cc1[N+](=O)[O-])c1cc([N+](=O)[O-])cc([N+](=O)[O-])c1. The fraction of sp³-hybridized carbons (Fsp3) is 0. The highest BCUT2D eigenvalue weighted by Crippen LogP contribution is 2.29. The third kappa shape index (κ3) is 4.03. The molecule has 1 N–H and O–H groups in total. The van der Waals surface area contributed by atoms with Gasteiger partial charge in [-0.15, -0.1) is 0 Å². The summed E-state index contributed by atoms with van der Waals surface area (Å²) in [4.78, 5) is 42.3. The zero-order chi connectivity index (χ0) is 18.7. The molecule has 1 amide bonds. The smallest absolute Gasteiger partial charge is 0.294 e. The van der Waals surface area contributed by atoms with Crippen molar-refractivity contribution >= 4 is 40.3 Å². The van der Waals surface area contributed by atoms with Crippen molar-refractivity contribution < 1.29 is 19.6 Å². The van der Waals surface area contributed by atoms with Crippen molar-refractivity contribution in [2.75, 3.05) is 5.32 Å². The van der Waals surface area contributed by atoms with Gasteiger partial charge in [-0.3, -0.25) is 35.1 Å². The van der Waals surface area contributed by atoms with Gasteiger partial charge in [0.2, 0.25) is 0 Å². The minimum absolute atomic E-state index is 0.0654. The number of nitro groups is 3. The van der Waals surface area contributed by atoms with Gasteiger partial charge < -0.3 is 5.32 Å². The van der Waals surface area contributed by atoms with E-state index in [4.69, 9.17) is 11.6 Å². The average Bonchev–Trinajstić information content (AvgIpc) is 2.55. The molecule has 0 aliphatic heterocycles. The molecule has 0 radical (unpaired) electrons. The van der Waals surface area contributed by atoms with E-state index in [9.17, 15) is 35.1 Å². The van der Waals surface area contributed by atoms with E-state index in [0.717, 1.165) is 18.2 Å². The Morgan fingerprint density at radius 1 is 0.880 bits per heavy atom. The lowest BCUT2D eigenvalue weighted by Crippen LogP contribution is -2.14. The summed E-state index contributed by atoms with van der Waals surface area (Å²) in [6.07, 6.45) is 0. The third-order valence-corrected chi connectivity index (χ3v) is 3.23. The summed E-state index contributed by atoms with van der Waals surface area (Å²) in [5.41, 5.74) is -2.44. The van der Waals surface area contributed by atoms with Crippen molar-refractivity contribution in [1.82, 2.24) is 0 Å². The Morgan fingerprint density at radius 2 is 1.44 bits per heavy atom. The van der Waals surface area contributed by atoms with Crippen LogP contribution in [0.25, 0.3) is 0 Å². The molecule has 2 aromatic rings. The summed E-state index contributed by atoms with van der Waals surface area (Å²) in [5.74, 6) is -0.989. The number of carbonyl (C=O) groups excluding carboxylic acids is 1. The highest BCUT2D eigenvalue weighted by molar-refractivity contribution is 6.31. The number of non-ortho nitro benzene ring substituents is 2. The molecule has 128 valence electrons. The molecule has 0 saturated heterocycles. The molecule has 2 rings (SSSR count). The van der Waals surface area contributed by atoms with Crippen molar-refractivity contribution in [3.05, 3.63) is 77.3 Å². The highest BCUT2D eigenvalue weighted by atomic mass is 35.5. The van der Waals surface area contributed by atoms with Crippen LogP contribution >= 0.6 is 11.6 Å². The Labute approximate surface area is 143 Å². The minimum Gasteiger partial charge on any atom is -0.316 e. The van der Waals surface area contributed by atoms with E-state index in [1.165, 1.54) is 12.1 Å². The number of hydrogen-bond donors (Lipinski definition) is 1. The first-order valence-electron chi connectivity index (χ1n) is 6.38. The van der Waals surface area contributed by atoms with Crippen LogP contribution in [0.3, 0.4) is 0 Å². The van der Waals surface area contributed by atoms with Gasteiger partial charge in [0, 0.05) is 23.2 Å². The topological polar surface area (TPSA) is 159 Å². The molecular weight excluding hydrogens is 360 g/mol. The van der Waals surface area contributed by atoms with Crippen molar-refractivity contribution in [3.8, 4) is 0 Å². The van der Waals surface area contributed by atoms with Crippen LogP contribution < -0.4 is 5.32 Å². The van der Waals surface area contributed by atoms with Gasteiger partial charge in [0.05, 0.1) is 26.4 Å². The Morgan fingerprint density at radius 3 is 1.92 bits per heavy atom. The van der Waals surface area contributed by atoms with E-state index in [2.05, 4.69) is 5.32 Å². The Bertz CT molecular complexity index is 883. The molecular formula is C13H7ClN4O7. The van der Waals surface area contributed by atoms with Gasteiger partial charge in [0.25, 0.3) is 23.0 Å². The second-order valence-electron chi connectivity index (χ2n) is 4.63. The van der Waals surface area contributed by atoms with E-state index in [1.807, 2.05) is 0 Å². The number of nitrogens with zero attached hydrogens (tertiary/aromatic N) is 3. The number of halogens is 1. The number of nitro benzene ring substituents is 3. The van der Waals surface area contributed by atoms with Gasteiger partial charge in [-0.2, -0.15) is 0 Å². The molecule has 0 atom stereocenters. The van der Waals surface area contributed by atoms with Crippen molar-refractivity contribution in [1.29, 1.82) is 0 Å². The second kappa shape index (κ2) is 6.88. The van der Waals surface area contributed by atoms with Crippen LogP contribution in [-0.4, -0.2) is 20.7 Å². The number of rotatable bonds is 5. The monoisotopic (exact) mass is 366 g/mol. The second-order valence-corrected chi connectivity index (χ2v) is 5.06. The summed E-state index contributed by atoms with van der Waals surface area (Å²) in [5, 5.41) is 34.9. The van der Waals surface area contributed by atoms with Crippen molar-refractivity contribution in [2.45, 2.75) is 0 Å². The first-order chi connectivity index (χ1) is 11.7. The van der Waals surface area contributed by atoms with E-state index in [1.54, 1.807) is 0 Å². The van der Waals surface area contributed by atoms with Crippen LogP contribution in [0.1, 0.15) is 10.4 Å². The first-order valence-corrected chi connectivity index (χ1v) is 6.76. The molecule has 0 saturated carbocycles. The molecule has 0 aliphatic carbocycles. The Hall–Kier alpha value is -3.60. The number of hydrogen-bond acceptors (Lipinski definition) is 7. The molecule has 0 heterocycles. The van der Waals surface area contributed by atoms with Crippen LogP contribution in [0.15, 0.2) is 36.4 Å². The summed E-state index contributed by atoms with van der Waals surface area (Å²) in [6, 6.07) is 5.81. The molecule has 0 spiro atoms. The summed E-state index contributed by atoms with van der Waals surface area (Å²) in [7, 11) is 0. The highest BCUT2D eigenvalue weighted by Gasteiger charge is 2.22. The van der Waals surface area contributed by atoms with Crippen LogP contribution in [0.5, 0.6) is 0 Å². The minimum atomic E-state index is -0.989. The lowest BCUT2D eigenvalue weighted by molar-refractivity contribution is -0.394. The van der Waals surface area contributed by atoms with Crippen LogP contribution in [0, 0.1) is 30.3 Å². The molecule has 0 unspecified atom stereocenters. The van der Waals surface area contributed by atoms with E-state index < -0.39 is 43.3 Å². The predicted molar refractivity (Wildman–Crippen MR) is 85.8 cm³/mol. The summed E-state index contributed by atoms with van der Waals surface area (Å²) < 4.78 is 0. The third-order valence-electron chi connectivity index (χ3n) is 2.99. The molecule has 0 aromatic heterocycles. The van der Waals surface area contributed by atoms with E-state index >= 15 is 0 Å². The molecule has 0 bridgehead atoms. The normalized spacial score (nSPS) is 10.1. The van der Waals surface area contributed by atoms with Gasteiger partial charge >= 0.3 is 0 Å². The zero-order valence-corrected chi connectivity index (χ0v) is 12.8. The van der Waals surface area contributed by atoms with Crippen molar-refractivity contribution in [2.24, 2.45) is 0 Å². The maximum atomic E-state index is 12.2. The van der Waals surface area contributed by atoms with Gasteiger partial charge in [-0.1, -0.05) is 11.6 Å². The number of anilines is 1. The fourth-order valence-electron chi connectivity index (χ4n) is 1.89. The maximum Gasteiger partial charge on any atom is 0.294 e. The van der Waals surface area contributed by atoms with Gasteiger partial charge in [-0.25, -0.2) is 0 Å². The Balaban J connectivity index is 2.44. The maximum absolute atomic E-state index is 12.2. The van der Waals surface area contributed by atoms with Crippen molar-refractivity contribution in [3.63, 3.8) is 0 Å². The quantitative estimate of drug-likeness (QED) is 0.627. The van der Waals surface area contributed by atoms with Crippen LogP contribution in [0.4, 0.5) is 22.7 Å². The lowest BCUT2D eigenvalue weighted by atomic mass is 10.1. The van der Waals surface area contributed by atoms with Gasteiger partial charge in [-0.05, 0) is 12.1 Å². The summed E-state index contributed by atoms with van der Waals surface area (Å²) >= 11 is 5.66. The van der Waals surface area contributed by atoms with Gasteiger partial charge in [0.15, 0.2) is 0 Å². The van der Waals surface area contributed by atoms with E-state index in [0.29, 0.717) is 6.07 Å². The number of nitrogens with one attached hydrogen (secondary N) is 1. The Kier molecular flexibility index (Phi) is 4.89. The van der Waals surface area contributed by atoms with E-state index in [-0.39, 0.29) is 10.7 Å². The molecule has 2 aromatic carbocycles. The van der Waals surface area contributed by atoms with Gasteiger partial charge in [0.1, 0.15) is 5.69 Å². The molecule has 11 nitrogen and oxygen atoms in total. The molecule has 0 fully saturated rings. The standard InChI is InChI=1S/C13H7ClN4O7/c14-8-1-2-11(12(5-8)18(24)25)15-13(19)7-3-9(16(20)21)6-10(4-7)17(22)23/h1-6H,(H,15,19). The van der Waals surface area contributed by atoms with Crippen LogP contribution in [-0.2, 0) is 0 Å². The largest absolute Gasteiger partial charge is 0.316 e. The number of benzene rings is 2. The summed E-state index contributed by atoms with van der Waals surface area (Å²) in [6.45, 7) is 0. The first kappa shape index (κ1) is 17.7. The lowest BCUT2D eigenvalue weighted by Gasteiger charge is -2.06. The average molecular weight is 367 g/mol. The molecule has 12 heteroatoms. The number of carbonyl (C=O) groups is 1. The zero-order valence-electron chi connectivity index (χ0n) is 12.0. The number of amides is 1.